The zero-order valence-electron chi connectivity index (χ0n) is 19.9. The first-order valence-electron chi connectivity index (χ1n) is 11.8. The Bertz CT molecular complexity index is 965. The van der Waals surface area contributed by atoms with Crippen molar-refractivity contribution >= 4 is 11.9 Å². The van der Waals surface area contributed by atoms with Crippen LogP contribution in [-0.4, -0.2) is 25.7 Å². The van der Waals surface area contributed by atoms with Crippen LogP contribution in [-0.2, 0) is 14.3 Å². The predicted octanol–water partition coefficient (Wildman–Crippen LogP) is 6.47. The van der Waals surface area contributed by atoms with Crippen LogP contribution in [0.1, 0.15) is 69.2 Å². The van der Waals surface area contributed by atoms with Gasteiger partial charge in [-0.15, -0.1) is 0 Å². The lowest BCUT2D eigenvalue weighted by Crippen LogP contribution is -2.25. The van der Waals surface area contributed by atoms with Gasteiger partial charge in [-0.25, -0.2) is 9.59 Å². The minimum absolute atomic E-state index is 0.273. The van der Waals surface area contributed by atoms with E-state index in [1.807, 2.05) is 18.2 Å². The van der Waals surface area contributed by atoms with Gasteiger partial charge in [0, 0.05) is 11.0 Å². The molecule has 2 aliphatic rings. The first-order chi connectivity index (χ1) is 15.9. The molecule has 2 aliphatic carbocycles. The van der Waals surface area contributed by atoms with Gasteiger partial charge < -0.3 is 14.2 Å². The maximum Gasteiger partial charge on any atom is 0.339 e. The van der Waals surface area contributed by atoms with E-state index in [0.29, 0.717) is 23.3 Å². The van der Waals surface area contributed by atoms with Crippen LogP contribution in [0.5, 0.6) is 5.75 Å². The van der Waals surface area contributed by atoms with Gasteiger partial charge in [0.05, 0.1) is 19.3 Å². The molecule has 0 aliphatic heterocycles. The van der Waals surface area contributed by atoms with Gasteiger partial charge in [0.2, 0.25) is 0 Å². The number of hydrogen-bond acceptors (Lipinski definition) is 5. The number of fused-ring (bicyclic) bond motifs is 1. The van der Waals surface area contributed by atoms with Crippen molar-refractivity contribution in [3.63, 3.8) is 0 Å². The molecular weight excluding hydrogens is 416 g/mol. The lowest BCUT2D eigenvalue weighted by molar-refractivity contribution is -0.130. The molecule has 0 saturated carbocycles. The van der Waals surface area contributed by atoms with E-state index in [-0.39, 0.29) is 11.4 Å². The van der Waals surface area contributed by atoms with Crippen LogP contribution in [0.15, 0.2) is 71.6 Å². The van der Waals surface area contributed by atoms with Gasteiger partial charge in [-0.1, -0.05) is 64.2 Å². The van der Waals surface area contributed by atoms with E-state index in [0.717, 1.165) is 24.4 Å². The van der Waals surface area contributed by atoms with Crippen molar-refractivity contribution in [1.82, 2.24) is 0 Å². The summed E-state index contributed by atoms with van der Waals surface area (Å²) in [5, 5.41) is 0. The third-order valence-corrected chi connectivity index (χ3v) is 6.11. The Labute approximate surface area is 196 Å². The molecule has 0 fully saturated rings. The Balaban J connectivity index is 1.55. The van der Waals surface area contributed by atoms with E-state index in [4.69, 9.17) is 9.47 Å². The zero-order valence-corrected chi connectivity index (χ0v) is 19.9. The summed E-state index contributed by atoms with van der Waals surface area (Å²) in [7, 11) is 1.33. The molecule has 0 bridgehead atoms. The van der Waals surface area contributed by atoms with Crippen LogP contribution in [0.4, 0.5) is 0 Å². The molecule has 1 atom stereocenters. The summed E-state index contributed by atoms with van der Waals surface area (Å²) in [5.41, 5.74) is 1.86. The third-order valence-electron chi connectivity index (χ3n) is 6.11. The molecule has 1 unspecified atom stereocenters. The summed E-state index contributed by atoms with van der Waals surface area (Å²) >= 11 is 0. The van der Waals surface area contributed by atoms with Gasteiger partial charge in [-0.05, 0) is 54.8 Å². The van der Waals surface area contributed by atoms with Gasteiger partial charge in [-0.3, -0.25) is 0 Å². The second-order valence-corrected chi connectivity index (χ2v) is 8.81. The van der Waals surface area contributed by atoms with Crippen molar-refractivity contribution in [3.8, 4) is 5.75 Å². The maximum absolute atomic E-state index is 12.7. The number of esters is 2. The highest BCUT2D eigenvalue weighted by atomic mass is 16.5. The summed E-state index contributed by atoms with van der Waals surface area (Å²) < 4.78 is 16.2. The van der Waals surface area contributed by atoms with Crippen molar-refractivity contribution < 1.29 is 23.8 Å². The molecule has 0 aromatic heterocycles. The number of carbonyl (C=O) groups is 2. The monoisotopic (exact) mass is 450 g/mol. The van der Waals surface area contributed by atoms with Crippen molar-refractivity contribution in [2.24, 2.45) is 5.41 Å². The van der Waals surface area contributed by atoms with Crippen LogP contribution < -0.4 is 4.74 Å². The highest BCUT2D eigenvalue weighted by molar-refractivity contribution is 5.92. The van der Waals surface area contributed by atoms with Gasteiger partial charge in [-0.2, -0.15) is 0 Å². The first-order valence-corrected chi connectivity index (χ1v) is 11.8. The molecule has 0 heterocycles. The molecule has 0 radical (unpaired) electrons. The van der Waals surface area contributed by atoms with Crippen molar-refractivity contribution in [2.75, 3.05) is 13.7 Å². The SMILES string of the molecule is CCCCCCCCOC1=CC2=CC=C(C(=O)Oc3ccc(C(=O)OC)cc3)CC2(C)C=C1. The highest BCUT2D eigenvalue weighted by Gasteiger charge is 2.33. The normalized spacial score (nSPS) is 19.1. The highest BCUT2D eigenvalue weighted by Crippen LogP contribution is 2.43. The number of unbranched alkanes of at least 4 members (excludes halogenated alkanes) is 5. The second kappa shape index (κ2) is 11.7. The quantitative estimate of drug-likeness (QED) is 0.220. The number of ether oxygens (including phenoxy) is 3. The fourth-order valence-electron chi connectivity index (χ4n) is 4.02. The first kappa shape index (κ1) is 24.6. The van der Waals surface area contributed by atoms with E-state index in [1.54, 1.807) is 24.3 Å². The predicted molar refractivity (Wildman–Crippen MR) is 129 cm³/mol. The van der Waals surface area contributed by atoms with E-state index in [2.05, 4.69) is 30.7 Å². The van der Waals surface area contributed by atoms with E-state index < -0.39 is 5.97 Å². The Morgan fingerprint density at radius 3 is 2.42 bits per heavy atom. The average molecular weight is 451 g/mol. The number of methoxy groups -OCH3 is 1. The van der Waals surface area contributed by atoms with E-state index in [9.17, 15) is 9.59 Å². The van der Waals surface area contributed by atoms with Gasteiger partial charge in [0.1, 0.15) is 11.5 Å². The molecule has 0 N–H and O–H groups in total. The summed E-state index contributed by atoms with van der Waals surface area (Å²) in [6, 6.07) is 6.33. The smallest absolute Gasteiger partial charge is 0.339 e. The third kappa shape index (κ3) is 6.70. The number of carbonyl (C=O) groups excluding carboxylic acids is 2. The van der Waals surface area contributed by atoms with Crippen LogP contribution in [0.25, 0.3) is 0 Å². The van der Waals surface area contributed by atoms with E-state index in [1.165, 1.54) is 39.2 Å². The van der Waals surface area contributed by atoms with Crippen LogP contribution >= 0.6 is 0 Å². The minimum atomic E-state index is -0.430. The standard InChI is InChI=1S/C28H34O5/c1-4-5-6-7-8-9-18-32-25-16-17-28(2)20-22(10-13-23(28)19-25)27(30)33-24-14-11-21(12-15-24)26(29)31-3/h10-17,19H,4-9,18,20H2,1-3H3. The lowest BCUT2D eigenvalue weighted by atomic mass is 9.71. The van der Waals surface area contributed by atoms with Gasteiger partial charge in [0.15, 0.2) is 0 Å². The summed E-state index contributed by atoms with van der Waals surface area (Å²) in [5.74, 6) is 0.441. The maximum atomic E-state index is 12.7. The average Bonchev–Trinajstić information content (AvgIpc) is 2.83. The van der Waals surface area contributed by atoms with Crippen molar-refractivity contribution in [3.05, 3.63) is 77.1 Å². The molecule has 1 aromatic carbocycles. The molecule has 3 rings (SSSR count). The molecule has 5 heteroatoms. The number of benzene rings is 1. The van der Waals surface area contributed by atoms with E-state index >= 15 is 0 Å². The second-order valence-electron chi connectivity index (χ2n) is 8.81. The molecule has 0 amide bonds. The summed E-state index contributed by atoms with van der Waals surface area (Å²) in [6.45, 7) is 5.07. The molecule has 176 valence electrons. The van der Waals surface area contributed by atoms with Crippen LogP contribution in [0, 0.1) is 5.41 Å². The molecular formula is C28H34O5. The largest absolute Gasteiger partial charge is 0.494 e. The number of hydrogen-bond donors (Lipinski definition) is 0. The van der Waals surface area contributed by atoms with Gasteiger partial charge in [0.25, 0.3) is 0 Å². The zero-order chi connectivity index (χ0) is 23.7. The fourth-order valence-corrected chi connectivity index (χ4v) is 4.02. The molecule has 33 heavy (non-hydrogen) atoms. The molecule has 1 aromatic rings. The Morgan fingerprint density at radius 2 is 1.70 bits per heavy atom. The molecule has 0 saturated heterocycles. The lowest BCUT2D eigenvalue weighted by Gasteiger charge is -2.33. The Hall–Kier alpha value is -3.08. The Kier molecular flexibility index (Phi) is 8.70. The van der Waals surface area contributed by atoms with Crippen LogP contribution in [0.2, 0.25) is 0 Å². The molecule has 5 nitrogen and oxygen atoms in total. The van der Waals surface area contributed by atoms with Crippen molar-refractivity contribution in [2.45, 2.75) is 58.8 Å². The topological polar surface area (TPSA) is 61.8 Å². The van der Waals surface area contributed by atoms with Gasteiger partial charge >= 0.3 is 11.9 Å². The Morgan fingerprint density at radius 1 is 0.970 bits per heavy atom. The van der Waals surface area contributed by atoms with Crippen molar-refractivity contribution in [1.29, 1.82) is 0 Å². The number of rotatable bonds is 11. The molecule has 0 spiro atoms. The number of allylic oxidation sites excluding steroid dienone is 6. The summed E-state index contributed by atoms with van der Waals surface area (Å²) in [4.78, 5) is 24.3. The van der Waals surface area contributed by atoms with Crippen LogP contribution in [0.3, 0.4) is 0 Å². The minimum Gasteiger partial charge on any atom is -0.494 e. The fraction of sp³-hybridized carbons (Fsp3) is 0.429. The summed E-state index contributed by atoms with van der Waals surface area (Å²) in [6.07, 6.45) is 18.0.